The van der Waals surface area contributed by atoms with Crippen molar-refractivity contribution in [3.63, 3.8) is 0 Å². The molecule has 0 atom stereocenters. The number of ether oxygens (including phenoxy) is 2. The maximum Gasteiger partial charge on any atom is 0.265 e. The number of rotatable bonds is 4. The standard InChI is InChI=1S/C20H14ClN3O4S2/c21-11-3-1-10(2-4-11)5-6-22-19(26)16-17-23-18(25)12-7-14-15(28-9-27-14)8-13(12)24(17)20(29)30-16/h1-4,7-8H,5-6,9H2,(H,22,26)(H,23,25). The highest BCUT2D eigenvalue weighted by Crippen LogP contribution is 2.36. The van der Waals surface area contributed by atoms with Crippen LogP contribution in [-0.2, 0) is 6.42 Å². The molecule has 1 aliphatic heterocycles. The fourth-order valence-corrected chi connectivity index (χ4v) is 4.81. The SMILES string of the molecule is O=C(NCCc1ccc(Cl)cc1)c1sc(=S)n2c1[nH]c(=O)c1cc3c(cc12)OCO3. The topological polar surface area (TPSA) is 84.8 Å². The molecule has 3 heterocycles. The minimum Gasteiger partial charge on any atom is -0.454 e. The van der Waals surface area contributed by atoms with E-state index in [1.807, 2.05) is 24.3 Å². The maximum atomic E-state index is 12.8. The molecule has 2 N–H and O–H groups in total. The summed E-state index contributed by atoms with van der Waals surface area (Å²) in [6.07, 6.45) is 0.656. The van der Waals surface area contributed by atoms with E-state index in [0.29, 0.717) is 54.9 Å². The molecule has 0 aliphatic carbocycles. The second-order valence-corrected chi connectivity index (χ2v) is 8.77. The lowest BCUT2D eigenvalue weighted by Crippen LogP contribution is -2.25. The third-order valence-corrected chi connectivity index (χ3v) is 6.46. The molecule has 5 rings (SSSR count). The van der Waals surface area contributed by atoms with Crippen LogP contribution in [0.5, 0.6) is 11.5 Å². The van der Waals surface area contributed by atoms with Crippen LogP contribution in [0.1, 0.15) is 15.2 Å². The Morgan fingerprint density at radius 3 is 2.73 bits per heavy atom. The van der Waals surface area contributed by atoms with E-state index in [9.17, 15) is 9.59 Å². The summed E-state index contributed by atoms with van der Waals surface area (Å²) in [5.74, 6) is 0.754. The summed E-state index contributed by atoms with van der Waals surface area (Å²) in [7, 11) is 0. The van der Waals surface area contributed by atoms with Crippen molar-refractivity contribution in [2.24, 2.45) is 0 Å². The molecule has 4 aromatic rings. The molecule has 0 saturated carbocycles. The van der Waals surface area contributed by atoms with Crippen molar-refractivity contribution in [2.75, 3.05) is 13.3 Å². The first-order valence-corrected chi connectivity index (χ1v) is 10.7. The lowest BCUT2D eigenvalue weighted by molar-refractivity contribution is 0.0959. The Morgan fingerprint density at radius 1 is 1.23 bits per heavy atom. The first kappa shape index (κ1) is 19.1. The molecule has 2 aromatic carbocycles. The van der Waals surface area contributed by atoms with Crippen LogP contribution < -0.4 is 20.3 Å². The van der Waals surface area contributed by atoms with Gasteiger partial charge in [0.05, 0.1) is 10.9 Å². The number of aromatic nitrogens is 2. The summed E-state index contributed by atoms with van der Waals surface area (Å²) >= 11 is 12.5. The van der Waals surface area contributed by atoms with Gasteiger partial charge in [-0.2, -0.15) is 0 Å². The summed E-state index contributed by atoms with van der Waals surface area (Å²) in [5.41, 5.74) is 1.67. The number of hydrogen-bond donors (Lipinski definition) is 2. The molecule has 30 heavy (non-hydrogen) atoms. The van der Waals surface area contributed by atoms with Gasteiger partial charge in [-0.05, 0) is 42.4 Å². The summed E-state index contributed by atoms with van der Waals surface area (Å²) in [5, 5.41) is 3.97. The number of amides is 1. The second-order valence-electron chi connectivity index (χ2n) is 6.69. The zero-order valence-electron chi connectivity index (χ0n) is 15.4. The van der Waals surface area contributed by atoms with Crippen LogP contribution in [0, 0.1) is 3.95 Å². The van der Waals surface area contributed by atoms with Gasteiger partial charge in [-0.15, -0.1) is 0 Å². The molecule has 0 bridgehead atoms. The van der Waals surface area contributed by atoms with Crippen molar-refractivity contribution < 1.29 is 14.3 Å². The summed E-state index contributed by atoms with van der Waals surface area (Å²) in [6.45, 7) is 0.538. The predicted molar refractivity (Wildman–Crippen MR) is 118 cm³/mol. The zero-order valence-corrected chi connectivity index (χ0v) is 17.7. The minimum absolute atomic E-state index is 0.100. The quantitative estimate of drug-likeness (QED) is 0.452. The van der Waals surface area contributed by atoms with Gasteiger partial charge < -0.3 is 19.8 Å². The minimum atomic E-state index is -0.327. The van der Waals surface area contributed by atoms with Crippen LogP contribution in [0.4, 0.5) is 0 Å². The van der Waals surface area contributed by atoms with Crippen LogP contribution in [0.15, 0.2) is 41.2 Å². The number of carbonyl (C=O) groups excluding carboxylic acids is 1. The number of nitrogens with one attached hydrogen (secondary N) is 2. The van der Waals surface area contributed by atoms with Crippen LogP contribution in [-0.4, -0.2) is 28.6 Å². The van der Waals surface area contributed by atoms with Crippen LogP contribution in [0.25, 0.3) is 16.6 Å². The van der Waals surface area contributed by atoms with Crippen LogP contribution in [0.2, 0.25) is 5.02 Å². The number of carbonyl (C=O) groups is 1. The first-order valence-electron chi connectivity index (χ1n) is 9.05. The van der Waals surface area contributed by atoms with Gasteiger partial charge in [0, 0.05) is 17.6 Å². The van der Waals surface area contributed by atoms with Gasteiger partial charge in [0.15, 0.2) is 15.5 Å². The normalized spacial score (nSPS) is 12.6. The molecule has 0 fully saturated rings. The average Bonchev–Trinajstić information content (AvgIpc) is 3.32. The molecule has 2 aromatic heterocycles. The highest BCUT2D eigenvalue weighted by Gasteiger charge is 2.21. The average molecular weight is 460 g/mol. The molecule has 0 saturated heterocycles. The Balaban J connectivity index is 1.49. The van der Waals surface area contributed by atoms with E-state index in [0.717, 1.165) is 16.9 Å². The highest BCUT2D eigenvalue weighted by molar-refractivity contribution is 7.73. The summed E-state index contributed by atoms with van der Waals surface area (Å²) < 4.78 is 12.9. The number of nitrogens with zero attached hydrogens (tertiary/aromatic N) is 1. The lowest BCUT2D eigenvalue weighted by Gasteiger charge is -2.06. The third-order valence-electron chi connectivity index (χ3n) is 4.84. The third kappa shape index (κ3) is 3.24. The van der Waals surface area contributed by atoms with Gasteiger partial charge in [0.1, 0.15) is 10.5 Å². The maximum absolute atomic E-state index is 12.8. The van der Waals surface area contributed by atoms with Crippen molar-refractivity contribution in [2.45, 2.75) is 6.42 Å². The van der Waals surface area contributed by atoms with Gasteiger partial charge in [-0.3, -0.25) is 14.0 Å². The molecule has 0 unspecified atom stereocenters. The van der Waals surface area contributed by atoms with Crippen molar-refractivity contribution in [3.05, 3.63) is 66.2 Å². The predicted octanol–water partition coefficient (Wildman–Crippen LogP) is 3.93. The van der Waals surface area contributed by atoms with E-state index >= 15 is 0 Å². The van der Waals surface area contributed by atoms with E-state index in [2.05, 4.69) is 10.3 Å². The molecular weight excluding hydrogens is 446 g/mol. The molecule has 0 spiro atoms. The smallest absolute Gasteiger partial charge is 0.265 e. The van der Waals surface area contributed by atoms with E-state index in [-0.39, 0.29) is 18.3 Å². The Bertz CT molecular complexity index is 1420. The Labute approximate surface area is 183 Å². The van der Waals surface area contributed by atoms with E-state index in [1.165, 1.54) is 0 Å². The lowest BCUT2D eigenvalue weighted by atomic mass is 10.1. The number of hydrogen-bond acceptors (Lipinski definition) is 6. The van der Waals surface area contributed by atoms with Crippen molar-refractivity contribution in [1.82, 2.24) is 14.7 Å². The molecule has 1 aliphatic rings. The van der Waals surface area contributed by atoms with Crippen molar-refractivity contribution >= 4 is 57.6 Å². The van der Waals surface area contributed by atoms with E-state index in [1.54, 1.807) is 16.5 Å². The monoisotopic (exact) mass is 459 g/mol. The van der Waals surface area contributed by atoms with Crippen LogP contribution >= 0.6 is 35.2 Å². The second kappa shape index (κ2) is 7.42. The van der Waals surface area contributed by atoms with Crippen molar-refractivity contribution in [1.29, 1.82) is 0 Å². The molecule has 1 amide bonds. The van der Waals surface area contributed by atoms with Crippen LogP contribution in [0.3, 0.4) is 0 Å². The first-order chi connectivity index (χ1) is 14.5. The van der Waals surface area contributed by atoms with E-state index in [4.69, 9.17) is 33.3 Å². The van der Waals surface area contributed by atoms with E-state index < -0.39 is 0 Å². The molecule has 10 heteroatoms. The molecule has 7 nitrogen and oxygen atoms in total. The zero-order chi connectivity index (χ0) is 20.8. The number of thiazole rings is 1. The van der Waals surface area contributed by atoms with Gasteiger partial charge >= 0.3 is 0 Å². The molecule has 0 radical (unpaired) electrons. The van der Waals surface area contributed by atoms with Gasteiger partial charge in [0.25, 0.3) is 11.5 Å². The summed E-state index contributed by atoms with van der Waals surface area (Å²) in [4.78, 5) is 28.6. The fraction of sp³-hybridized carbons (Fsp3) is 0.150. The number of halogens is 1. The molecule has 152 valence electrons. The summed E-state index contributed by atoms with van der Waals surface area (Å²) in [6, 6.07) is 10.8. The largest absolute Gasteiger partial charge is 0.454 e. The number of benzene rings is 2. The van der Waals surface area contributed by atoms with Gasteiger partial charge in [-0.1, -0.05) is 35.1 Å². The highest BCUT2D eigenvalue weighted by atomic mass is 35.5. The Kier molecular flexibility index (Phi) is 4.73. The fourth-order valence-electron chi connectivity index (χ4n) is 3.38. The number of fused-ring (bicyclic) bond motifs is 4. The molecular formula is C20H14ClN3O4S2. The van der Waals surface area contributed by atoms with Gasteiger partial charge in [-0.25, -0.2) is 0 Å². The Hall–Kier alpha value is -2.88. The number of aromatic amines is 1. The van der Waals surface area contributed by atoms with Gasteiger partial charge in [0.2, 0.25) is 6.79 Å². The number of H-pyrrole nitrogens is 1. The van der Waals surface area contributed by atoms with Crippen molar-refractivity contribution in [3.8, 4) is 11.5 Å². The Morgan fingerprint density at radius 2 is 1.97 bits per heavy atom.